The summed E-state index contributed by atoms with van der Waals surface area (Å²) in [4.78, 5) is 0. The number of hydrogen-bond acceptors (Lipinski definition) is 1. The van der Waals surface area contributed by atoms with Gasteiger partial charge in [-0.05, 0) is 6.42 Å². The van der Waals surface area contributed by atoms with Gasteiger partial charge in [0.15, 0.2) is 0 Å². The van der Waals surface area contributed by atoms with Gasteiger partial charge < -0.3 is 0 Å². The molecule has 0 radical (unpaired) electrons. The van der Waals surface area contributed by atoms with E-state index in [1.54, 1.807) is 0 Å². The molecule has 46 valence electrons. The van der Waals surface area contributed by atoms with Crippen molar-refractivity contribution >= 4 is 33.4 Å². The van der Waals surface area contributed by atoms with E-state index in [0.29, 0.717) is 12.8 Å². The highest BCUT2D eigenvalue weighted by molar-refractivity contribution is 6.65. The number of hydrogen-bond donors (Lipinski definition) is 0. The molecule has 0 fully saturated rings. The van der Waals surface area contributed by atoms with E-state index in [9.17, 15) is 0 Å². The fourth-order valence-corrected chi connectivity index (χ4v) is 0.714. The maximum absolute atomic E-state index is 8.08. The molecule has 0 N–H and O–H groups in total. The Kier molecular flexibility index (Phi) is 3.46. The van der Waals surface area contributed by atoms with Crippen molar-refractivity contribution in [1.29, 1.82) is 5.26 Å². The standard InChI is InChI=1S/C4H7Cl2NSi/c5-4(6,8)2-1-3-7/h1-2H2,8H3. The average Bonchev–Trinajstić information content (AvgIpc) is 1.59. The fourth-order valence-electron chi connectivity index (χ4n) is 0.275. The summed E-state index contributed by atoms with van der Waals surface area (Å²) in [6.45, 7) is 0. The molecule has 0 amide bonds. The fraction of sp³-hybridized carbons (Fsp3) is 0.750. The number of nitriles is 1. The number of rotatable bonds is 2. The third-order valence-corrected chi connectivity index (χ3v) is 1.55. The molecule has 0 saturated heterocycles. The summed E-state index contributed by atoms with van der Waals surface area (Å²) in [6, 6.07) is 1.98. The number of halogens is 2. The summed E-state index contributed by atoms with van der Waals surface area (Å²) < 4.78 is -0.588. The first kappa shape index (κ1) is 8.29. The van der Waals surface area contributed by atoms with Crippen LogP contribution in [0.25, 0.3) is 0 Å². The van der Waals surface area contributed by atoms with E-state index in [2.05, 4.69) is 0 Å². The van der Waals surface area contributed by atoms with Crippen LogP contribution in [-0.4, -0.2) is 14.2 Å². The first-order valence-electron chi connectivity index (χ1n) is 2.31. The van der Waals surface area contributed by atoms with E-state index in [-0.39, 0.29) is 0 Å². The van der Waals surface area contributed by atoms with Crippen LogP contribution in [0.2, 0.25) is 0 Å². The highest BCUT2D eigenvalue weighted by Crippen LogP contribution is 2.21. The van der Waals surface area contributed by atoms with Crippen LogP contribution in [-0.2, 0) is 0 Å². The summed E-state index contributed by atoms with van der Waals surface area (Å²) in [5, 5.41) is 8.08. The van der Waals surface area contributed by atoms with Crippen LogP contribution in [0.5, 0.6) is 0 Å². The Hall–Kier alpha value is 0.287. The minimum atomic E-state index is -0.588. The van der Waals surface area contributed by atoms with Crippen molar-refractivity contribution in [3.63, 3.8) is 0 Å². The van der Waals surface area contributed by atoms with Crippen LogP contribution in [0.3, 0.4) is 0 Å². The summed E-state index contributed by atoms with van der Waals surface area (Å²) >= 11 is 11.2. The van der Waals surface area contributed by atoms with E-state index < -0.39 is 3.96 Å². The van der Waals surface area contributed by atoms with E-state index in [1.165, 1.54) is 0 Å². The molecule has 4 heteroatoms. The van der Waals surface area contributed by atoms with Gasteiger partial charge >= 0.3 is 0 Å². The van der Waals surface area contributed by atoms with Gasteiger partial charge in [-0.1, -0.05) is 0 Å². The van der Waals surface area contributed by atoms with E-state index in [4.69, 9.17) is 28.5 Å². The zero-order valence-corrected chi connectivity index (χ0v) is 8.13. The molecule has 0 aromatic carbocycles. The smallest absolute Gasteiger partial charge is 0.0982 e. The number of alkyl halides is 2. The second kappa shape index (κ2) is 3.34. The first-order chi connectivity index (χ1) is 3.56. The van der Waals surface area contributed by atoms with Crippen LogP contribution in [0.4, 0.5) is 0 Å². The first-order valence-corrected chi connectivity index (χ1v) is 4.06. The molecule has 0 heterocycles. The predicted molar refractivity (Wildman–Crippen MR) is 39.2 cm³/mol. The zero-order valence-electron chi connectivity index (χ0n) is 4.62. The van der Waals surface area contributed by atoms with E-state index in [0.717, 1.165) is 10.2 Å². The van der Waals surface area contributed by atoms with Crippen molar-refractivity contribution in [2.24, 2.45) is 0 Å². The average molecular weight is 168 g/mol. The van der Waals surface area contributed by atoms with Gasteiger partial charge in [-0.3, -0.25) is 0 Å². The second-order valence-corrected chi connectivity index (χ2v) is 6.57. The van der Waals surface area contributed by atoms with Gasteiger partial charge in [-0.2, -0.15) is 5.26 Å². The minimum absolute atomic E-state index is 0.455. The minimum Gasteiger partial charge on any atom is -0.198 e. The summed E-state index contributed by atoms with van der Waals surface area (Å²) in [6.07, 6.45) is 1.05. The molecule has 0 aliphatic rings. The molecule has 0 aliphatic carbocycles. The lowest BCUT2D eigenvalue weighted by molar-refractivity contribution is 0.886. The Bertz CT molecular complexity index is 102. The quantitative estimate of drug-likeness (QED) is 0.441. The lowest BCUT2D eigenvalue weighted by atomic mass is 10.4. The van der Waals surface area contributed by atoms with Crippen molar-refractivity contribution in [3.05, 3.63) is 0 Å². The van der Waals surface area contributed by atoms with Crippen LogP contribution in [0.1, 0.15) is 12.8 Å². The van der Waals surface area contributed by atoms with Crippen LogP contribution < -0.4 is 0 Å². The molecule has 0 spiro atoms. The molecule has 0 bridgehead atoms. The summed E-state index contributed by atoms with van der Waals surface area (Å²) in [7, 11) is 0.722. The maximum Gasteiger partial charge on any atom is 0.0982 e. The van der Waals surface area contributed by atoms with Gasteiger partial charge in [0.1, 0.15) is 0 Å². The van der Waals surface area contributed by atoms with Crippen molar-refractivity contribution in [1.82, 2.24) is 0 Å². The molecule has 0 aliphatic heterocycles. The lowest BCUT2D eigenvalue weighted by Crippen LogP contribution is -2.10. The van der Waals surface area contributed by atoms with Crippen molar-refractivity contribution < 1.29 is 0 Å². The van der Waals surface area contributed by atoms with Gasteiger partial charge in [0.05, 0.1) is 10.0 Å². The Balaban J connectivity index is 3.28. The van der Waals surface area contributed by atoms with E-state index in [1.807, 2.05) is 6.07 Å². The van der Waals surface area contributed by atoms with Gasteiger partial charge in [-0.15, -0.1) is 23.2 Å². The van der Waals surface area contributed by atoms with Gasteiger partial charge in [0.25, 0.3) is 0 Å². The van der Waals surface area contributed by atoms with Gasteiger partial charge in [-0.25, -0.2) is 0 Å². The molecule has 0 saturated carbocycles. The predicted octanol–water partition coefficient (Wildman–Crippen LogP) is 0.787. The zero-order chi connectivity index (χ0) is 6.62. The van der Waals surface area contributed by atoms with Gasteiger partial charge in [0.2, 0.25) is 0 Å². The normalized spacial score (nSPS) is 11.1. The molecule has 0 rings (SSSR count). The summed E-state index contributed by atoms with van der Waals surface area (Å²) in [5.74, 6) is 0. The Labute approximate surface area is 62.0 Å². The Morgan fingerprint density at radius 1 is 1.62 bits per heavy atom. The molecule has 0 aromatic rings. The highest BCUT2D eigenvalue weighted by Gasteiger charge is 2.14. The Morgan fingerprint density at radius 3 is 2.25 bits per heavy atom. The van der Waals surface area contributed by atoms with Crippen molar-refractivity contribution in [2.45, 2.75) is 16.8 Å². The molecule has 0 unspecified atom stereocenters. The SMILES string of the molecule is N#CCCC([SiH3])(Cl)Cl. The highest BCUT2D eigenvalue weighted by atomic mass is 35.5. The molecule has 0 atom stereocenters. The Morgan fingerprint density at radius 2 is 2.12 bits per heavy atom. The lowest BCUT2D eigenvalue weighted by Gasteiger charge is -2.08. The topological polar surface area (TPSA) is 23.8 Å². The molecule has 0 aromatic heterocycles. The summed E-state index contributed by atoms with van der Waals surface area (Å²) in [5.41, 5.74) is 0. The maximum atomic E-state index is 8.08. The van der Waals surface area contributed by atoms with Crippen molar-refractivity contribution in [3.8, 4) is 6.07 Å². The van der Waals surface area contributed by atoms with Crippen LogP contribution in [0, 0.1) is 11.3 Å². The molecular weight excluding hydrogens is 161 g/mol. The third-order valence-electron chi connectivity index (χ3n) is 0.676. The van der Waals surface area contributed by atoms with Gasteiger partial charge in [0, 0.05) is 16.7 Å². The second-order valence-electron chi connectivity index (χ2n) is 1.73. The molecular formula is C4H7Cl2NSi. The van der Waals surface area contributed by atoms with Crippen molar-refractivity contribution in [2.75, 3.05) is 0 Å². The monoisotopic (exact) mass is 167 g/mol. The third kappa shape index (κ3) is 6.29. The number of nitrogens with zero attached hydrogens (tertiary/aromatic N) is 1. The van der Waals surface area contributed by atoms with E-state index >= 15 is 0 Å². The van der Waals surface area contributed by atoms with Crippen LogP contribution >= 0.6 is 23.2 Å². The molecule has 1 nitrogen and oxygen atoms in total. The molecule has 8 heavy (non-hydrogen) atoms. The van der Waals surface area contributed by atoms with Crippen LogP contribution in [0.15, 0.2) is 0 Å². The largest absolute Gasteiger partial charge is 0.198 e.